The topological polar surface area (TPSA) is 61.4 Å². The molecule has 5 heteroatoms. The van der Waals surface area contributed by atoms with E-state index >= 15 is 0 Å². The van der Waals surface area contributed by atoms with Crippen molar-refractivity contribution < 1.29 is 9.59 Å². The molecule has 2 amide bonds. The van der Waals surface area contributed by atoms with Gasteiger partial charge >= 0.3 is 0 Å². The summed E-state index contributed by atoms with van der Waals surface area (Å²) in [6.07, 6.45) is 2.99. The zero-order valence-electron chi connectivity index (χ0n) is 8.95. The van der Waals surface area contributed by atoms with Crippen LogP contribution in [-0.2, 0) is 9.59 Å². The molecule has 0 bridgehead atoms. The van der Waals surface area contributed by atoms with E-state index in [2.05, 4.69) is 10.6 Å². The van der Waals surface area contributed by atoms with Crippen LogP contribution in [0.1, 0.15) is 19.3 Å². The second-order valence-corrected chi connectivity index (χ2v) is 4.32. The Kier molecular flexibility index (Phi) is 2.90. The first kappa shape index (κ1) is 10.4. The van der Waals surface area contributed by atoms with Crippen molar-refractivity contribution in [2.24, 2.45) is 0 Å². The second kappa shape index (κ2) is 4.18. The lowest BCUT2D eigenvalue weighted by atomic mass is 10.2. The number of carbonyl (C=O) groups is 2. The van der Waals surface area contributed by atoms with E-state index in [0.717, 1.165) is 25.8 Å². The molecule has 2 aliphatic rings. The third-order valence-electron chi connectivity index (χ3n) is 2.88. The Morgan fingerprint density at radius 1 is 1.47 bits per heavy atom. The third-order valence-corrected chi connectivity index (χ3v) is 2.88. The van der Waals surface area contributed by atoms with Gasteiger partial charge < -0.3 is 10.2 Å². The van der Waals surface area contributed by atoms with Crippen LogP contribution in [0.4, 0.5) is 0 Å². The average molecular weight is 211 g/mol. The molecule has 1 saturated carbocycles. The largest absolute Gasteiger partial charge is 0.352 e. The van der Waals surface area contributed by atoms with Gasteiger partial charge in [0.1, 0.15) is 0 Å². The molecular weight excluding hydrogens is 194 g/mol. The van der Waals surface area contributed by atoms with Gasteiger partial charge in [-0.05, 0) is 19.3 Å². The van der Waals surface area contributed by atoms with Gasteiger partial charge in [0.2, 0.25) is 11.8 Å². The van der Waals surface area contributed by atoms with Crippen LogP contribution in [0.25, 0.3) is 0 Å². The maximum absolute atomic E-state index is 11.5. The van der Waals surface area contributed by atoms with Crippen molar-refractivity contribution in [2.75, 3.05) is 20.1 Å². The highest BCUT2D eigenvalue weighted by molar-refractivity contribution is 5.85. The lowest BCUT2D eigenvalue weighted by Gasteiger charge is -2.11. The highest BCUT2D eigenvalue weighted by Crippen LogP contribution is 2.18. The van der Waals surface area contributed by atoms with Gasteiger partial charge in [-0.1, -0.05) is 0 Å². The molecule has 2 N–H and O–H groups in total. The quantitative estimate of drug-likeness (QED) is 0.632. The summed E-state index contributed by atoms with van der Waals surface area (Å²) in [5, 5.41) is 5.87. The van der Waals surface area contributed by atoms with Gasteiger partial charge in [-0.15, -0.1) is 0 Å². The molecule has 5 nitrogen and oxygen atoms in total. The molecule has 0 radical (unpaired) electrons. The molecule has 84 valence electrons. The summed E-state index contributed by atoms with van der Waals surface area (Å²) in [4.78, 5) is 24.5. The Morgan fingerprint density at radius 2 is 2.20 bits per heavy atom. The first-order valence-electron chi connectivity index (χ1n) is 5.44. The van der Waals surface area contributed by atoms with Crippen LogP contribution in [0, 0.1) is 0 Å². The summed E-state index contributed by atoms with van der Waals surface area (Å²) in [5.74, 6) is 0.0917. The minimum atomic E-state index is -0.167. The molecule has 1 unspecified atom stereocenters. The highest BCUT2D eigenvalue weighted by atomic mass is 16.2. The number of likely N-dealkylation sites (N-methyl/N-ethyl adjacent to an activating group) is 1. The summed E-state index contributed by atoms with van der Waals surface area (Å²) < 4.78 is 0. The van der Waals surface area contributed by atoms with Gasteiger partial charge in [0.25, 0.3) is 0 Å². The number of likely N-dealkylation sites (tertiary alicyclic amines) is 1. The fourth-order valence-corrected chi connectivity index (χ4v) is 1.73. The molecule has 2 rings (SSSR count). The Labute approximate surface area is 89.2 Å². The molecule has 1 saturated heterocycles. The molecule has 0 aromatic rings. The Balaban J connectivity index is 1.68. The second-order valence-electron chi connectivity index (χ2n) is 4.32. The maximum Gasteiger partial charge on any atom is 0.239 e. The maximum atomic E-state index is 11.5. The lowest BCUT2D eigenvalue weighted by Crippen LogP contribution is -2.43. The smallest absolute Gasteiger partial charge is 0.239 e. The van der Waals surface area contributed by atoms with E-state index in [1.807, 2.05) is 0 Å². The summed E-state index contributed by atoms with van der Waals surface area (Å²) >= 11 is 0. The van der Waals surface area contributed by atoms with Crippen LogP contribution in [0.5, 0.6) is 0 Å². The number of nitrogens with zero attached hydrogens (tertiary/aromatic N) is 1. The standard InChI is InChI=1S/C10H17N3O2/c1-13-5-4-8(10(13)15)11-6-9(14)12-7-2-3-7/h7-8,11H,2-6H2,1H3,(H,12,14). The number of amides is 2. The fraction of sp³-hybridized carbons (Fsp3) is 0.800. The molecule has 1 atom stereocenters. The van der Waals surface area contributed by atoms with E-state index in [9.17, 15) is 9.59 Å². The molecule has 1 heterocycles. The summed E-state index contributed by atoms with van der Waals surface area (Å²) in [6.45, 7) is 1.03. The van der Waals surface area contributed by atoms with Crippen LogP contribution in [0.2, 0.25) is 0 Å². The van der Waals surface area contributed by atoms with Gasteiger partial charge in [-0.3, -0.25) is 14.9 Å². The van der Waals surface area contributed by atoms with Crippen LogP contribution >= 0.6 is 0 Å². The van der Waals surface area contributed by atoms with Crippen LogP contribution in [-0.4, -0.2) is 48.9 Å². The minimum absolute atomic E-state index is 0.000136. The Morgan fingerprint density at radius 3 is 2.73 bits per heavy atom. The van der Waals surface area contributed by atoms with E-state index < -0.39 is 0 Å². The predicted molar refractivity (Wildman–Crippen MR) is 55.2 cm³/mol. The van der Waals surface area contributed by atoms with Gasteiger partial charge in [0, 0.05) is 19.6 Å². The number of nitrogens with one attached hydrogen (secondary N) is 2. The van der Waals surface area contributed by atoms with Gasteiger partial charge in [-0.2, -0.15) is 0 Å². The van der Waals surface area contributed by atoms with E-state index in [4.69, 9.17) is 0 Å². The van der Waals surface area contributed by atoms with Crippen molar-refractivity contribution >= 4 is 11.8 Å². The van der Waals surface area contributed by atoms with Crippen molar-refractivity contribution in [1.82, 2.24) is 15.5 Å². The number of rotatable bonds is 4. The van der Waals surface area contributed by atoms with Crippen LogP contribution in [0.3, 0.4) is 0 Å². The number of hydrogen-bond acceptors (Lipinski definition) is 3. The summed E-state index contributed by atoms with van der Waals surface area (Å²) in [6, 6.07) is 0.223. The Bertz CT molecular complexity index is 276. The molecule has 0 aromatic heterocycles. The molecule has 15 heavy (non-hydrogen) atoms. The predicted octanol–water partition coefficient (Wildman–Crippen LogP) is -0.915. The summed E-state index contributed by atoms with van der Waals surface area (Å²) in [5.41, 5.74) is 0. The van der Waals surface area contributed by atoms with Crippen molar-refractivity contribution in [3.05, 3.63) is 0 Å². The molecule has 0 spiro atoms. The van der Waals surface area contributed by atoms with Gasteiger partial charge in [-0.25, -0.2) is 0 Å². The highest BCUT2D eigenvalue weighted by Gasteiger charge is 2.29. The van der Waals surface area contributed by atoms with Crippen molar-refractivity contribution in [3.8, 4) is 0 Å². The summed E-state index contributed by atoms with van der Waals surface area (Å²) in [7, 11) is 1.79. The first-order chi connectivity index (χ1) is 7.16. The zero-order valence-corrected chi connectivity index (χ0v) is 8.95. The van der Waals surface area contributed by atoms with Crippen molar-refractivity contribution in [1.29, 1.82) is 0 Å². The molecular formula is C10H17N3O2. The lowest BCUT2D eigenvalue weighted by molar-refractivity contribution is -0.128. The first-order valence-corrected chi connectivity index (χ1v) is 5.44. The van der Waals surface area contributed by atoms with E-state index in [1.165, 1.54) is 0 Å². The van der Waals surface area contributed by atoms with Crippen LogP contribution in [0.15, 0.2) is 0 Å². The third kappa shape index (κ3) is 2.68. The van der Waals surface area contributed by atoms with Crippen molar-refractivity contribution in [2.45, 2.75) is 31.3 Å². The van der Waals surface area contributed by atoms with E-state index in [0.29, 0.717) is 6.04 Å². The van der Waals surface area contributed by atoms with E-state index in [-0.39, 0.29) is 24.4 Å². The monoisotopic (exact) mass is 211 g/mol. The molecule has 1 aliphatic carbocycles. The van der Waals surface area contributed by atoms with E-state index in [1.54, 1.807) is 11.9 Å². The van der Waals surface area contributed by atoms with Crippen LogP contribution < -0.4 is 10.6 Å². The minimum Gasteiger partial charge on any atom is -0.352 e. The Hall–Kier alpha value is -1.10. The number of carbonyl (C=O) groups excluding carboxylic acids is 2. The molecule has 1 aliphatic heterocycles. The molecule has 2 fully saturated rings. The van der Waals surface area contributed by atoms with Crippen molar-refractivity contribution in [3.63, 3.8) is 0 Å². The fourth-order valence-electron chi connectivity index (χ4n) is 1.73. The normalized spacial score (nSPS) is 25.8. The van der Waals surface area contributed by atoms with Gasteiger partial charge in [0.15, 0.2) is 0 Å². The average Bonchev–Trinajstić information content (AvgIpc) is 2.95. The SMILES string of the molecule is CN1CCC(NCC(=O)NC2CC2)C1=O. The number of hydrogen-bond donors (Lipinski definition) is 2. The zero-order chi connectivity index (χ0) is 10.8. The van der Waals surface area contributed by atoms with Gasteiger partial charge in [0.05, 0.1) is 12.6 Å². The molecule has 0 aromatic carbocycles.